The maximum Gasteiger partial charge on any atom is 0.155 e. The molecular formula is C24H22ClN5. The number of nitrogens with zero attached hydrogens (tertiary/aromatic N) is 2. The molecule has 4 N–H and O–H groups in total. The summed E-state index contributed by atoms with van der Waals surface area (Å²) < 4.78 is 0. The molecule has 3 aromatic carbocycles. The number of halogens is 1. The largest absolute Gasteiger partial charge is 0.393 e. The average molecular weight is 416 g/mol. The average Bonchev–Trinajstić information content (AvgIpc) is 2.80. The van der Waals surface area contributed by atoms with Crippen LogP contribution in [0.1, 0.15) is 22.7 Å². The van der Waals surface area contributed by atoms with Gasteiger partial charge in [0.15, 0.2) is 11.6 Å². The summed E-state index contributed by atoms with van der Waals surface area (Å²) in [6.07, 6.45) is 1.51. The predicted octanol–water partition coefficient (Wildman–Crippen LogP) is 5.53. The van der Waals surface area contributed by atoms with E-state index < -0.39 is 0 Å². The normalized spacial score (nSPS) is 10.7. The summed E-state index contributed by atoms with van der Waals surface area (Å²) in [4.78, 5) is 8.70. The summed E-state index contributed by atoms with van der Waals surface area (Å²) >= 11 is 5.96. The predicted molar refractivity (Wildman–Crippen MR) is 124 cm³/mol. The number of hydrogen-bond acceptors (Lipinski definition) is 5. The molecule has 0 saturated carbocycles. The van der Waals surface area contributed by atoms with Crippen LogP contribution in [-0.2, 0) is 6.54 Å². The van der Waals surface area contributed by atoms with E-state index in [-0.39, 0.29) is 6.04 Å². The van der Waals surface area contributed by atoms with E-state index in [2.05, 4.69) is 44.9 Å². The van der Waals surface area contributed by atoms with E-state index in [0.29, 0.717) is 28.9 Å². The van der Waals surface area contributed by atoms with Crippen LogP contribution in [0.4, 0.5) is 17.3 Å². The fourth-order valence-corrected chi connectivity index (χ4v) is 3.35. The van der Waals surface area contributed by atoms with Gasteiger partial charge >= 0.3 is 0 Å². The lowest BCUT2D eigenvalue weighted by Crippen LogP contribution is -2.16. The van der Waals surface area contributed by atoms with Crippen LogP contribution in [0.2, 0.25) is 5.02 Å². The molecule has 0 aliphatic carbocycles. The van der Waals surface area contributed by atoms with Crippen molar-refractivity contribution in [3.63, 3.8) is 0 Å². The Hall–Kier alpha value is -3.57. The lowest BCUT2D eigenvalue weighted by Gasteiger charge is -2.22. The Labute approximate surface area is 181 Å². The van der Waals surface area contributed by atoms with Crippen LogP contribution in [0.25, 0.3) is 0 Å². The Morgan fingerprint density at radius 3 is 1.93 bits per heavy atom. The fourth-order valence-electron chi connectivity index (χ4n) is 3.23. The highest BCUT2D eigenvalue weighted by atomic mass is 35.5. The molecule has 0 spiro atoms. The molecule has 0 amide bonds. The molecule has 150 valence electrons. The smallest absolute Gasteiger partial charge is 0.155 e. The summed E-state index contributed by atoms with van der Waals surface area (Å²) in [5.74, 6) is 1.17. The van der Waals surface area contributed by atoms with Gasteiger partial charge in [-0.15, -0.1) is 0 Å². The summed E-state index contributed by atoms with van der Waals surface area (Å²) in [6.45, 7) is 0.582. The molecule has 1 heterocycles. The number of nitrogens with two attached hydrogens (primary N) is 1. The van der Waals surface area contributed by atoms with E-state index in [4.69, 9.17) is 17.3 Å². The second-order valence-electron chi connectivity index (χ2n) is 6.86. The SMILES string of the molecule is Nc1c(NCc2ccc(Cl)cc2)ncnc1NC(c1ccccc1)c1ccccc1. The molecule has 0 fully saturated rings. The Morgan fingerprint density at radius 2 is 1.33 bits per heavy atom. The third kappa shape index (κ3) is 4.70. The minimum absolute atomic E-state index is 0.0892. The number of nitrogens with one attached hydrogen (secondary N) is 2. The van der Waals surface area contributed by atoms with E-state index in [1.807, 2.05) is 60.7 Å². The van der Waals surface area contributed by atoms with Crippen LogP contribution in [0, 0.1) is 0 Å². The second-order valence-corrected chi connectivity index (χ2v) is 7.30. The summed E-state index contributed by atoms with van der Waals surface area (Å²) in [5, 5.41) is 7.48. The van der Waals surface area contributed by atoms with Crippen LogP contribution in [-0.4, -0.2) is 9.97 Å². The standard InChI is InChI=1S/C24H22ClN5/c25-20-13-11-17(12-14-20)15-27-23-21(26)24(29-16-28-23)30-22(18-7-3-1-4-8-18)19-9-5-2-6-10-19/h1-14,16,22H,15,26H2,(H2,27,28,29,30). The molecule has 0 radical (unpaired) electrons. The van der Waals surface area contributed by atoms with E-state index >= 15 is 0 Å². The molecule has 30 heavy (non-hydrogen) atoms. The quantitative estimate of drug-likeness (QED) is 0.370. The van der Waals surface area contributed by atoms with Crippen molar-refractivity contribution in [1.82, 2.24) is 9.97 Å². The molecule has 0 aliphatic rings. The van der Waals surface area contributed by atoms with Crippen LogP contribution >= 0.6 is 11.6 Å². The van der Waals surface area contributed by atoms with E-state index in [0.717, 1.165) is 16.7 Å². The van der Waals surface area contributed by atoms with Crippen LogP contribution in [0.5, 0.6) is 0 Å². The summed E-state index contributed by atoms with van der Waals surface area (Å²) in [5.41, 5.74) is 10.2. The molecule has 4 aromatic rings. The zero-order chi connectivity index (χ0) is 20.8. The Morgan fingerprint density at radius 1 is 0.767 bits per heavy atom. The van der Waals surface area contributed by atoms with Gasteiger partial charge in [-0.05, 0) is 28.8 Å². The van der Waals surface area contributed by atoms with E-state index in [9.17, 15) is 0 Å². The first kappa shape index (κ1) is 19.7. The lowest BCUT2D eigenvalue weighted by molar-refractivity contribution is 0.923. The molecule has 0 bridgehead atoms. The number of hydrogen-bond donors (Lipinski definition) is 3. The van der Waals surface area contributed by atoms with Gasteiger partial charge < -0.3 is 16.4 Å². The Bertz CT molecular complexity index is 1050. The lowest BCUT2D eigenvalue weighted by atomic mass is 9.99. The highest BCUT2D eigenvalue weighted by Gasteiger charge is 2.17. The van der Waals surface area contributed by atoms with Crippen molar-refractivity contribution in [3.05, 3.63) is 113 Å². The van der Waals surface area contributed by atoms with Crippen molar-refractivity contribution in [3.8, 4) is 0 Å². The van der Waals surface area contributed by atoms with Gasteiger partial charge in [-0.3, -0.25) is 0 Å². The highest BCUT2D eigenvalue weighted by molar-refractivity contribution is 6.30. The first-order chi connectivity index (χ1) is 14.7. The fraction of sp³-hybridized carbons (Fsp3) is 0.0833. The van der Waals surface area contributed by atoms with Gasteiger partial charge in [0, 0.05) is 11.6 Å². The molecule has 5 nitrogen and oxygen atoms in total. The molecule has 6 heteroatoms. The molecule has 0 unspecified atom stereocenters. The molecular weight excluding hydrogens is 394 g/mol. The van der Waals surface area contributed by atoms with Crippen LogP contribution in [0.15, 0.2) is 91.3 Å². The van der Waals surface area contributed by atoms with Gasteiger partial charge in [0.2, 0.25) is 0 Å². The number of rotatable bonds is 7. The third-order valence-electron chi connectivity index (χ3n) is 4.80. The van der Waals surface area contributed by atoms with Crippen molar-refractivity contribution in [2.75, 3.05) is 16.4 Å². The van der Waals surface area contributed by atoms with Crippen molar-refractivity contribution >= 4 is 28.9 Å². The third-order valence-corrected chi connectivity index (χ3v) is 5.06. The van der Waals surface area contributed by atoms with Crippen molar-refractivity contribution in [2.45, 2.75) is 12.6 Å². The van der Waals surface area contributed by atoms with Gasteiger partial charge in [0.25, 0.3) is 0 Å². The van der Waals surface area contributed by atoms with E-state index in [1.165, 1.54) is 6.33 Å². The molecule has 0 atom stereocenters. The number of benzene rings is 3. The maximum absolute atomic E-state index is 6.40. The van der Waals surface area contributed by atoms with Gasteiger partial charge in [-0.25, -0.2) is 9.97 Å². The summed E-state index contributed by atoms with van der Waals surface area (Å²) in [7, 11) is 0. The Balaban J connectivity index is 1.58. The maximum atomic E-state index is 6.40. The molecule has 1 aromatic heterocycles. The minimum Gasteiger partial charge on any atom is -0.393 e. The van der Waals surface area contributed by atoms with Crippen LogP contribution < -0.4 is 16.4 Å². The first-order valence-corrected chi connectivity index (χ1v) is 10.0. The summed E-state index contributed by atoms with van der Waals surface area (Å²) in [6, 6.07) is 28.0. The van der Waals surface area contributed by atoms with E-state index in [1.54, 1.807) is 0 Å². The zero-order valence-corrected chi connectivity index (χ0v) is 17.1. The molecule has 0 aliphatic heterocycles. The minimum atomic E-state index is -0.0892. The highest BCUT2D eigenvalue weighted by Crippen LogP contribution is 2.30. The second kappa shape index (κ2) is 9.29. The van der Waals surface area contributed by atoms with Gasteiger partial charge in [0.1, 0.15) is 12.0 Å². The number of nitrogen functional groups attached to an aromatic ring is 1. The van der Waals surface area contributed by atoms with Gasteiger partial charge in [-0.2, -0.15) is 0 Å². The monoisotopic (exact) mass is 415 g/mol. The number of aromatic nitrogens is 2. The van der Waals surface area contributed by atoms with Gasteiger partial charge in [0.05, 0.1) is 6.04 Å². The van der Waals surface area contributed by atoms with Crippen molar-refractivity contribution in [1.29, 1.82) is 0 Å². The molecule has 4 rings (SSSR count). The first-order valence-electron chi connectivity index (χ1n) is 9.66. The number of anilines is 3. The van der Waals surface area contributed by atoms with Crippen molar-refractivity contribution in [2.24, 2.45) is 0 Å². The topological polar surface area (TPSA) is 75.9 Å². The van der Waals surface area contributed by atoms with Gasteiger partial charge in [-0.1, -0.05) is 84.4 Å². The van der Waals surface area contributed by atoms with Crippen LogP contribution in [0.3, 0.4) is 0 Å². The Kier molecular flexibility index (Phi) is 6.11. The molecule has 0 saturated heterocycles. The van der Waals surface area contributed by atoms with Crippen molar-refractivity contribution < 1.29 is 0 Å². The zero-order valence-electron chi connectivity index (χ0n) is 16.3.